The van der Waals surface area contributed by atoms with Gasteiger partial charge in [-0.2, -0.15) is 0 Å². The van der Waals surface area contributed by atoms with Gasteiger partial charge in [-0.05, 0) is 77.6 Å². The zero-order valence-electron chi connectivity index (χ0n) is 17.4. The van der Waals surface area contributed by atoms with Crippen molar-refractivity contribution in [1.29, 1.82) is 0 Å². The van der Waals surface area contributed by atoms with Crippen LogP contribution in [0.25, 0.3) is 5.57 Å². The van der Waals surface area contributed by atoms with Gasteiger partial charge in [-0.1, -0.05) is 18.2 Å². The monoisotopic (exact) mass is 404 g/mol. The highest BCUT2D eigenvalue weighted by molar-refractivity contribution is 6.11. The molecule has 0 atom stereocenters. The van der Waals surface area contributed by atoms with Gasteiger partial charge >= 0.3 is 0 Å². The number of carbonyl (C=O) groups excluding carboxylic acids is 1. The van der Waals surface area contributed by atoms with Crippen molar-refractivity contribution in [2.24, 2.45) is 16.6 Å². The molecule has 0 saturated heterocycles. The molecule has 3 rings (SSSR count). The van der Waals surface area contributed by atoms with Crippen molar-refractivity contribution >= 4 is 22.7 Å². The van der Waals surface area contributed by atoms with Crippen LogP contribution in [0, 0.1) is 18.8 Å². The first-order valence-electron chi connectivity index (χ1n) is 9.32. The molecule has 0 aliphatic heterocycles. The SMILES string of the molecule is COc1c(N)cc(/C(=C2/C=C(N)C(=O)C(N)=C2C)c2ccccc2N=O)c(C)c1C. The summed E-state index contributed by atoms with van der Waals surface area (Å²) >= 11 is 0. The Labute approximate surface area is 174 Å². The molecule has 7 heteroatoms. The van der Waals surface area contributed by atoms with Gasteiger partial charge < -0.3 is 21.9 Å². The van der Waals surface area contributed by atoms with Crippen LogP contribution >= 0.6 is 0 Å². The molecule has 1 aliphatic rings. The van der Waals surface area contributed by atoms with Crippen LogP contribution in [0.15, 0.2) is 64.1 Å². The molecule has 154 valence electrons. The van der Waals surface area contributed by atoms with Crippen molar-refractivity contribution in [3.8, 4) is 5.75 Å². The van der Waals surface area contributed by atoms with E-state index in [-0.39, 0.29) is 17.1 Å². The molecule has 0 bridgehead atoms. The summed E-state index contributed by atoms with van der Waals surface area (Å²) in [7, 11) is 1.56. The molecule has 0 unspecified atom stereocenters. The molecule has 0 fully saturated rings. The topological polar surface area (TPSA) is 134 Å². The third-order valence-electron chi connectivity index (χ3n) is 5.50. The molecule has 2 aromatic carbocycles. The highest BCUT2D eigenvalue weighted by Gasteiger charge is 2.26. The molecule has 0 radical (unpaired) electrons. The van der Waals surface area contributed by atoms with Crippen molar-refractivity contribution in [3.05, 3.63) is 86.1 Å². The van der Waals surface area contributed by atoms with Gasteiger partial charge in [0.25, 0.3) is 0 Å². The number of nitroso groups, excluding NO2 is 1. The quantitative estimate of drug-likeness (QED) is 0.525. The van der Waals surface area contributed by atoms with E-state index in [1.165, 1.54) is 0 Å². The van der Waals surface area contributed by atoms with Crippen molar-refractivity contribution < 1.29 is 9.53 Å². The summed E-state index contributed by atoms with van der Waals surface area (Å²) in [5.74, 6) is 0.169. The van der Waals surface area contributed by atoms with Gasteiger partial charge in [-0.3, -0.25) is 4.79 Å². The first kappa shape index (κ1) is 20.9. The number of methoxy groups -OCH3 is 1. The average Bonchev–Trinajstić information content (AvgIpc) is 2.74. The third kappa shape index (κ3) is 3.24. The van der Waals surface area contributed by atoms with Crippen LogP contribution in [0.3, 0.4) is 0 Å². The fourth-order valence-electron chi connectivity index (χ4n) is 3.71. The fourth-order valence-corrected chi connectivity index (χ4v) is 3.71. The lowest BCUT2D eigenvalue weighted by Crippen LogP contribution is -2.24. The van der Waals surface area contributed by atoms with Crippen molar-refractivity contribution in [1.82, 2.24) is 0 Å². The van der Waals surface area contributed by atoms with E-state index in [2.05, 4.69) is 5.18 Å². The van der Waals surface area contributed by atoms with Gasteiger partial charge in [0.15, 0.2) is 0 Å². The van der Waals surface area contributed by atoms with Crippen molar-refractivity contribution in [2.45, 2.75) is 20.8 Å². The molecule has 0 aromatic heterocycles. The summed E-state index contributed by atoms with van der Waals surface area (Å²) in [6, 6.07) is 8.74. The minimum absolute atomic E-state index is 0.0259. The minimum Gasteiger partial charge on any atom is -0.494 e. The van der Waals surface area contributed by atoms with Crippen LogP contribution < -0.4 is 21.9 Å². The van der Waals surface area contributed by atoms with E-state index in [4.69, 9.17) is 21.9 Å². The molecule has 30 heavy (non-hydrogen) atoms. The van der Waals surface area contributed by atoms with Gasteiger partial charge in [0.05, 0.1) is 24.2 Å². The molecule has 2 aromatic rings. The highest BCUT2D eigenvalue weighted by Crippen LogP contribution is 2.42. The smallest absolute Gasteiger partial charge is 0.224 e. The Kier molecular flexibility index (Phi) is 5.47. The number of allylic oxidation sites excluding steroid dienone is 3. The molecule has 6 N–H and O–H groups in total. The van der Waals surface area contributed by atoms with E-state index in [0.29, 0.717) is 33.7 Å². The lowest BCUT2D eigenvalue weighted by molar-refractivity contribution is -0.112. The van der Waals surface area contributed by atoms with Crippen LogP contribution in [-0.4, -0.2) is 12.9 Å². The maximum absolute atomic E-state index is 12.3. The second kappa shape index (κ2) is 7.87. The summed E-state index contributed by atoms with van der Waals surface area (Å²) in [5, 5.41) is 3.19. The van der Waals surface area contributed by atoms with E-state index in [1.807, 2.05) is 19.9 Å². The Balaban J connectivity index is 2.52. The van der Waals surface area contributed by atoms with E-state index < -0.39 is 5.78 Å². The van der Waals surface area contributed by atoms with E-state index in [1.54, 1.807) is 44.4 Å². The first-order chi connectivity index (χ1) is 14.2. The van der Waals surface area contributed by atoms with Gasteiger partial charge in [-0.15, -0.1) is 4.91 Å². The predicted molar refractivity (Wildman–Crippen MR) is 119 cm³/mol. The molecule has 0 amide bonds. The Bertz CT molecular complexity index is 1170. The number of ketones is 1. The second-order valence-corrected chi connectivity index (χ2v) is 7.16. The van der Waals surface area contributed by atoms with Crippen LogP contribution in [0.4, 0.5) is 11.4 Å². The number of rotatable bonds is 4. The lowest BCUT2D eigenvalue weighted by atomic mass is 9.82. The number of nitrogens with zero attached hydrogens (tertiary/aromatic N) is 1. The maximum atomic E-state index is 12.3. The summed E-state index contributed by atoms with van der Waals surface area (Å²) in [4.78, 5) is 23.8. The number of anilines is 1. The summed E-state index contributed by atoms with van der Waals surface area (Å²) in [6.45, 7) is 5.59. The molecule has 1 aliphatic carbocycles. The number of ether oxygens (including phenoxy) is 1. The number of hydrogen-bond donors (Lipinski definition) is 3. The van der Waals surface area contributed by atoms with E-state index in [0.717, 1.165) is 16.7 Å². The Morgan fingerprint density at radius 3 is 2.30 bits per heavy atom. The predicted octanol–water partition coefficient (Wildman–Crippen LogP) is 3.75. The van der Waals surface area contributed by atoms with Crippen LogP contribution in [0.1, 0.15) is 29.2 Å². The minimum atomic E-state index is -0.417. The van der Waals surface area contributed by atoms with Gasteiger partial charge in [0.2, 0.25) is 5.78 Å². The van der Waals surface area contributed by atoms with Crippen LogP contribution in [0.5, 0.6) is 5.75 Å². The number of benzene rings is 2. The fraction of sp³-hybridized carbons (Fsp3) is 0.174. The molecule has 0 heterocycles. The van der Waals surface area contributed by atoms with Gasteiger partial charge in [-0.25, -0.2) is 0 Å². The highest BCUT2D eigenvalue weighted by atomic mass is 16.5. The maximum Gasteiger partial charge on any atom is 0.224 e. The Morgan fingerprint density at radius 2 is 1.67 bits per heavy atom. The number of Topliss-reactive ketones (excluding diaryl/α,β-unsaturated/α-hetero) is 1. The summed E-state index contributed by atoms with van der Waals surface area (Å²) in [5.41, 5.74) is 24.0. The van der Waals surface area contributed by atoms with E-state index >= 15 is 0 Å². The van der Waals surface area contributed by atoms with Gasteiger partial charge in [0.1, 0.15) is 11.4 Å². The molecule has 0 saturated carbocycles. The molecular weight excluding hydrogens is 380 g/mol. The van der Waals surface area contributed by atoms with Crippen molar-refractivity contribution in [3.63, 3.8) is 0 Å². The van der Waals surface area contributed by atoms with Crippen LogP contribution in [0.2, 0.25) is 0 Å². The van der Waals surface area contributed by atoms with Crippen molar-refractivity contribution in [2.75, 3.05) is 12.8 Å². The van der Waals surface area contributed by atoms with E-state index in [9.17, 15) is 9.70 Å². The molecule has 7 nitrogen and oxygen atoms in total. The molecular formula is C23H24N4O3. The Morgan fingerprint density at radius 1 is 1.00 bits per heavy atom. The standard InChI is InChI=1S/C23H24N4O3/c1-11-12(2)23(30-4)18(25)10-15(11)20(14-7-5-6-8-19(14)27-29)16-9-17(24)22(28)21(26)13(16)3/h5-10H,24-26H2,1-4H3/b20-16-. The summed E-state index contributed by atoms with van der Waals surface area (Å²) < 4.78 is 5.44. The lowest BCUT2D eigenvalue weighted by Gasteiger charge is -2.23. The average molecular weight is 404 g/mol. The first-order valence-corrected chi connectivity index (χ1v) is 9.32. The zero-order chi connectivity index (χ0) is 22.2. The van der Waals surface area contributed by atoms with Gasteiger partial charge in [0, 0.05) is 5.56 Å². The zero-order valence-corrected chi connectivity index (χ0v) is 17.4. The summed E-state index contributed by atoms with van der Waals surface area (Å²) in [6.07, 6.45) is 1.58. The Hall–Kier alpha value is -3.87. The largest absolute Gasteiger partial charge is 0.494 e. The number of nitrogen functional groups attached to an aromatic ring is 1. The van der Waals surface area contributed by atoms with Crippen LogP contribution in [-0.2, 0) is 4.79 Å². The number of carbonyl (C=O) groups is 1. The number of nitrogens with two attached hydrogens (primary N) is 3. The molecule has 0 spiro atoms. The number of hydrogen-bond acceptors (Lipinski definition) is 7. The second-order valence-electron chi connectivity index (χ2n) is 7.16. The normalized spacial score (nSPS) is 15.7. The third-order valence-corrected chi connectivity index (χ3v) is 5.50.